The fourth-order valence-corrected chi connectivity index (χ4v) is 1.77. The quantitative estimate of drug-likeness (QED) is 0.644. The highest BCUT2D eigenvalue weighted by Gasteiger charge is 1.93. The Labute approximate surface area is 75.9 Å². The number of aliphatic carboxylic acids is 1. The van der Waals surface area contributed by atoms with Crippen LogP contribution in [0, 0.1) is 0 Å². The monoisotopic (exact) mass is 183 g/mol. The molecule has 0 aromatic carbocycles. The second-order valence-corrected chi connectivity index (χ2v) is 3.69. The third kappa shape index (κ3) is 3.53. The zero-order valence-electron chi connectivity index (χ0n) is 6.79. The van der Waals surface area contributed by atoms with Crippen LogP contribution in [0.2, 0.25) is 0 Å². The van der Waals surface area contributed by atoms with Gasteiger partial charge in [0.15, 0.2) is 0 Å². The van der Waals surface area contributed by atoms with Gasteiger partial charge in [-0.25, -0.2) is 0 Å². The summed E-state index contributed by atoms with van der Waals surface area (Å²) in [5, 5.41) is 12.1. The van der Waals surface area contributed by atoms with E-state index in [0.29, 0.717) is 0 Å². The molecule has 12 heavy (non-hydrogen) atoms. The van der Waals surface area contributed by atoms with Crippen molar-refractivity contribution in [2.75, 3.05) is 0 Å². The lowest BCUT2D eigenvalue weighted by molar-refractivity contribution is -0.305. The lowest BCUT2D eigenvalue weighted by Crippen LogP contribution is -2.21. The predicted molar refractivity (Wildman–Crippen MR) is 46.9 cm³/mol. The largest absolute Gasteiger partial charge is 0.550 e. The Kier molecular flexibility index (Phi) is 3.80. The van der Waals surface area contributed by atoms with Gasteiger partial charge in [-0.05, 0) is 37.1 Å². The van der Waals surface area contributed by atoms with Gasteiger partial charge in [0.25, 0.3) is 0 Å². The van der Waals surface area contributed by atoms with Gasteiger partial charge in [-0.3, -0.25) is 0 Å². The van der Waals surface area contributed by atoms with Crippen molar-refractivity contribution in [3.63, 3.8) is 0 Å². The van der Waals surface area contributed by atoms with Crippen molar-refractivity contribution < 1.29 is 9.90 Å². The lowest BCUT2D eigenvalue weighted by Gasteiger charge is -2.00. The van der Waals surface area contributed by atoms with Crippen LogP contribution in [-0.2, 0) is 11.2 Å². The number of hydrogen-bond acceptors (Lipinski definition) is 3. The normalized spacial score (nSPS) is 10.0. The number of carbonyl (C=O) groups is 1. The second-order valence-electron chi connectivity index (χ2n) is 2.66. The first-order chi connectivity index (χ1) is 5.79. The molecule has 0 radical (unpaired) electrons. The summed E-state index contributed by atoms with van der Waals surface area (Å²) in [5.41, 5.74) is 0. The Balaban J connectivity index is 2.07. The molecule has 0 unspecified atom stereocenters. The molecule has 0 N–H and O–H groups in total. The highest BCUT2D eigenvalue weighted by molar-refractivity contribution is 7.09. The first-order valence-corrected chi connectivity index (χ1v) is 4.89. The van der Waals surface area contributed by atoms with Crippen molar-refractivity contribution in [2.24, 2.45) is 0 Å². The molecule has 0 bridgehead atoms. The summed E-state index contributed by atoms with van der Waals surface area (Å²) in [4.78, 5) is 11.4. The minimum Gasteiger partial charge on any atom is -0.550 e. The standard InChI is InChI=1S/C9H12O2S/c10-9(11)6-2-1-4-8-5-3-7-12-8/h3,5,7H,1-2,4,6H2,(H,10,11)/p-1. The van der Waals surface area contributed by atoms with E-state index in [0.717, 1.165) is 19.3 Å². The van der Waals surface area contributed by atoms with Crippen molar-refractivity contribution in [2.45, 2.75) is 25.7 Å². The summed E-state index contributed by atoms with van der Waals surface area (Å²) in [6.07, 6.45) is 2.84. The number of aryl methyl sites for hydroxylation is 1. The number of carboxylic acids is 1. The number of hydrogen-bond donors (Lipinski definition) is 0. The molecule has 0 spiro atoms. The van der Waals surface area contributed by atoms with Gasteiger partial charge in [-0.2, -0.15) is 0 Å². The molecule has 0 amide bonds. The molecule has 0 aliphatic rings. The van der Waals surface area contributed by atoms with E-state index in [1.54, 1.807) is 11.3 Å². The first-order valence-electron chi connectivity index (χ1n) is 4.01. The van der Waals surface area contributed by atoms with Crippen LogP contribution in [0.25, 0.3) is 0 Å². The van der Waals surface area contributed by atoms with Gasteiger partial charge >= 0.3 is 0 Å². The van der Waals surface area contributed by atoms with E-state index in [-0.39, 0.29) is 6.42 Å². The maximum atomic E-state index is 10.1. The molecule has 0 saturated carbocycles. The third-order valence-electron chi connectivity index (χ3n) is 1.63. The van der Waals surface area contributed by atoms with Crippen LogP contribution in [0.1, 0.15) is 24.1 Å². The number of carboxylic acid groups (broad SMARTS) is 1. The van der Waals surface area contributed by atoms with Crippen LogP contribution in [0.15, 0.2) is 17.5 Å². The smallest absolute Gasteiger partial charge is 0.0414 e. The van der Waals surface area contributed by atoms with E-state index in [1.807, 2.05) is 11.4 Å². The van der Waals surface area contributed by atoms with Gasteiger partial charge < -0.3 is 9.90 Å². The van der Waals surface area contributed by atoms with Crippen LogP contribution in [0.5, 0.6) is 0 Å². The molecule has 0 atom stereocenters. The Bertz CT molecular complexity index is 229. The molecule has 0 aliphatic heterocycles. The van der Waals surface area contributed by atoms with Crippen molar-refractivity contribution in [1.29, 1.82) is 0 Å². The van der Waals surface area contributed by atoms with Gasteiger partial charge in [0.2, 0.25) is 0 Å². The molecule has 1 aromatic rings. The molecule has 1 heterocycles. The number of carbonyl (C=O) groups excluding carboxylic acids is 1. The molecule has 66 valence electrons. The Morgan fingerprint density at radius 3 is 2.92 bits per heavy atom. The molecule has 0 saturated heterocycles. The van der Waals surface area contributed by atoms with Gasteiger partial charge in [0.05, 0.1) is 0 Å². The van der Waals surface area contributed by atoms with E-state index in [4.69, 9.17) is 0 Å². The number of unbranched alkanes of at least 4 members (excludes halogenated alkanes) is 1. The van der Waals surface area contributed by atoms with E-state index >= 15 is 0 Å². The Morgan fingerprint density at radius 1 is 1.50 bits per heavy atom. The van der Waals surface area contributed by atoms with Crippen molar-refractivity contribution in [3.8, 4) is 0 Å². The van der Waals surface area contributed by atoms with Gasteiger partial charge in [0, 0.05) is 10.8 Å². The SMILES string of the molecule is O=C([O-])CCCCc1cccs1. The summed E-state index contributed by atoms with van der Waals surface area (Å²) in [7, 11) is 0. The third-order valence-corrected chi connectivity index (χ3v) is 2.57. The Morgan fingerprint density at radius 2 is 2.33 bits per heavy atom. The molecule has 0 aliphatic carbocycles. The molecule has 3 heteroatoms. The fraction of sp³-hybridized carbons (Fsp3) is 0.444. The van der Waals surface area contributed by atoms with Crippen LogP contribution in [-0.4, -0.2) is 5.97 Å². The lowest BCUT2D eigenvalue weighted by atomic mass is 10.2. The molecular weight excluding hydrogens is 172 g/mol. The highest BCUT2D eigenvalue weighted by atomic mass is 32.1. The Hall–Kier alpha value is -0.830. The molecule has 0 fully saturated rings. The summed E-state index contributed by atoms with van der Waals surface area (Å²) in [6.45, 7) is 0. The zero-order chi connectivity index (χ0) is 8.81. The van der Waals surface area contributed by atoms with E-state index < -0.39 is 5.97 Å². The van der Waals surface area contributed by atoms with Crippen molar-refractivity contribution in [3.05, 3.63) is 22.4 Å². The van der Waals surface area contributed by atoms with E-state index in [9.17, 15) is 9.90 Å². The average molecular weight is 183 g/mol. The minimum absolute atomic E-state index is 0.186. The second kappa shape index (κ2) is 4.93. The number of rotatable bonds is 5. The summed E-state index contributed by atoms with van der Waals surface area (Å²) in [6, 6.07) is 4.09. The van der Waals surface area contributed by atoms with Crippen LogP contribution in [0.4, 0.5) is 0 Å². The summed E-state index contributed by atoms with van der Waals surface area (Å²) < 4.78 is 0. The van der Waals surface area contributed by atoms with Crippen LogP contribution < -0.4 is 5.11 Å². The highest BCUT2D eigenvalue weighted by Crippen LogP contribution is 2.12. The summed E-state index contributed by atoms with van der Waals surface area (Å²) >= 11 is 1.72. The van der Waals surface area contributed by atoms with Crippen LogP contribution >= 0.6 is 11.3 Å². The molecule has 1 aromatic heterocycles. The van der Waals surface area contributed by atoms with Gasteiger partial charge in [0.1, 0.15) is 0 Å². The maximum absolute atomic E-state index is 10.1. The maximum Gasteiger partial charge on any atom is 0.0414 e. The topological polar surface area (TPSA) is 40.1 Å². The van der Waals surface area contributed by atoms with E-state index in [2.05, 4.69) is 6.07 Å². The van der Waals surface area contributed by atoms with E-state index in [1.165, 1.54) is 4.88 Å². The van der Waals surface area contributed by atoms with Crippen LogP contribution in [0.3, 0.4) is 0 Å². The molecule has 2 nitrogen and oxygen atoms in total. The first kappa shape index (κ1) is 9.26. The van der Waals surface area contributed by atoms with Gasteiger partial charge in [-0.15, -0.1) is 11.3 Å². The zero-order valence-corrected chi connectivity index (χ0v) is 7.60. The average Bonchev–Trinajstić information content (AvgIpc) is 2.49. The van der Waals surface area contributed by atoms with Crippen molar-refractivity contribution >= 4 is 17.3 Å². The van der Waals surface area contributed by atoms with Gasteiger partial charge in [-0.1, -0.05) is 6.07 Å². The minimum atomic E-state index is -0.943. The molecular formula is C9H11O2S-. The van der Waals surface area contributed by atoms with Crippen molar-refractivity contribution in [1.82, 2.24) is 0 Å². The fourth-order valence-electron chi connectivity index (χ4n) is 1.02. The summed E-state index contributed by atoms with van der Waals surface area (Å²) in [5.74, 6) is -0.943. The molecule has 1 rings (SSSR count). The predicted octanol–water partition coefficient (Wildman–Crippen LogP) is 1.21. The number of thiophene rings is 1.